The third-order valence-electron chi connectivity index (χ3n) is 3.19. The van der Waals surface area contributed by atoms with E-state index < -0.39 is 0 Å². The maximum atomic E-state index is 10.6. The summed E-state index contributed by atoms with van der Waals surface area (Å²) in [5.74, 6) is 0.561. The summed E-state index contributed by atoms with van der Waals surface area (Å²) >= 11 is 0. The Bertz CT molecular complexity index is 226. The quantitative estimate of drug-likeness (QED) is 0.744. The van der Waals surface area contributed by atoms with Crippen LogP contribution in [0.3, 0.4) is 0 Å². The van der Waals surface area contributed by atoms with Crippen LogP contribution in [-0.4, -0.2) is 18.5 Å². The first-order valence-electron chi connectivity index (χ1n) is 5.91. The Morgan fingerprint density at radius 1 is 1.47 bits per heavy atom. The fourth-order valence-electron chi connectivity index (χ4n) is 2.90. The normalized spacial score (nSPS) is 30.1. The highest BCUT2D eigenvalue weighted by molar-refractivity contribution is 5.73. The predicted molar refractivity (Wildman–Crippen MR) is 62.4 cm³/mol. The van der Waals surface area contributed by atoms with Crippen LogP contribution in [0.4, 0.5) is 0 Å². The van der Waals surface area contributed by atoms with Crippen molar-refractivity contribution in [2.75, 3.05) is 6.54 Å². The van der Waals surface area contributed by atoms with Crippen LogP contribution in [0.5, 0.6) is 0 Å². The number of hydrogen-bond acceptors (Lipinski definition) is 2. The minimum absolute atomic E-state index is 0.217. The van der Waals surface area contributed by atoms with Gasteiger partial charge in [-0.3, -0.25) is 4.79 Å². The van der Waals surface area contributed by atoms with Crippen molar-refractivity contribution in [2.45, 2.75) is 52.5 Å². The monoisotopic (exact) mass is 212 g/mol. The molecule has 0 spiro atoms. The van der Waals surface area contributed by atoms with Crippen molar-refractivity contribution in [1.29, 1.82) is 0 Å². The molecular weight excluding hydrogens is 188 g/mol. The van der Waals surface area contributed by atoms with E-state index in [-0.39, 0.29) is 5.91 Å². The summed E-state index contributed by atoms with van der Waals surface area (Å²) in [6.07, 6.45) is 4.19. The Kier molecular flexibility index (Phi) is 4.14. The van der Waals surface area contributed by atoms with Gasteiger partial charge in [-0.2, -0.15) is 0 Å². The molecule has 88 valence electrons. The molecule has 3 heteroatoms. The largest absolute Gasteiger partial charge is 0.370 e. The smallest absolute Gasteiger partial charge is 0.218 e. The van der Waals surface area contributed by atoms with E-state index in [4.69, 9.17) is 5.73 Å². The average molecular weight is 212 g/mol. The molecule has 0 aromatic heterocycles. The van der Waals surface area contributed by atoms with Gasteiger partial charge in [-0.15, -0.1) is 0 Å². The Labute approximate surface area is 92.8 Å². The average Bonchev–Trinajstić information content (AvgIpc) is 1.98. The molecule has 0 bridgehead atoms. The van der Waals surface area contributed by atoms with Crippen LogP contribution < -0.4 is 11.1 Å². The van der Waals surface area contributed by atoms with Gasteiger partial charge in [0.05, 0.1) is 0 Å². The van der Waals surface area contributed by atoms with E-state index in [0.717, 1.165) is 12.5 Å². The number of primary amides is 1. The molecule has 1 rings (SSSR count). The first-order valence-corrected chi connectivity index (χ1v) is 5.91. The zero-order valence-corrected chi connectivity index (χ0v) is 10.2. The summed E-state index contributed by atoms with van der Waals surface area (Å²) in [6.45, 7) is 7.68. The molecule has 2 unspecified atom stereocenters. The van der Waals surface area contributed by atoms with E-state index in [1.54, 1.807) is 0 Å². The van der Waals surface area contributed by atoms with E-state index >= 15 is 0 Å². The second-order valence-electron chi connectivity index (χ2n) is 5.78. The summed E-state index contributed by atoms with van der Waals surface area (Å²) in [5.41, 5.74) is 5.54. The third-order valence-corrected chi connectivity index (χ3v) is 3.19. The molecule has 0 aromatic rings. The van der Waals surface area contributed by atoms with Gasteiger partial charge >= 0.3 is 0 Å². The van der Waals surface area contributed by atoms with Crippen LogP contribution >= 0.6 is 0 Å². The maximum Gasteiger partial charge on any atom is 0.218 e. The van der Waals surface area contributed by atoms with Crippen molar-refractivity contribution in [3.05, 3.63) is 0 Å². The summed E-state index contributed by atoms with van der Waals surface area (Å²) < 4.78 is 0. The lowest BCUT2D eigenvalue weighted by Crippen LogP contribution is -2.41. The van der Waals surface area contributed by atoms with Gasteiger partial charge in [-0.25, -0.2) is 0 Å². The molecule has 0 heterocycles. The minimum Gasteiger partial charge on any atom is -0.370 e. The zero-order chi connectivity index (χ0) is 11.5. The molecule has 0 saturated heterocycles. The zero-order valence-electron chi connectivity index (χ0n) is 10.2. The van der Waals surface area contributed by atoms with Gasteiger partial charge in [0, 0.05) is 19.0 Å². The first-order chi connectivity index (χ1) is 6.89. The minimum atomic E-state index is -0.217. The van der Waals surface area contributed by atoms with Crippen molar-refractivity contribution < 1.29 is 4.79 Å². The lowest BCUT2D eigenvalue weighted by Gasteiger charge is -2.39. The van der Waals surface area contributed by atoms with Crippen molar-refractivity contribution in [3.8, 4) is 0 Å². The lowest BCUT2D eigenvalue weighted by atomic mass is 9.70. The van der Waals surface area contributed by atoms with Gasteiger partial charge in [0.25, 0.3) is 0 Å². The van der Waals surface area contributed by atoms with Crippen LogP contribution in [0.15, 0.2) is 0 Å². The highest BCUT2D eigenvalue weighted by Crippen LogP contribution is 2.38. The van der Waals surface area contributed by atoms with Crippen LogP contribution in [0.2, 0.25) is 0 Å². The number of hydrogen-bond donors (Lipinski definition) is 2. The van der Waals surface area contributed by atoms with Gasteiger partial charge in [0.15, 0.2) is 0 Å². The SMILES string of the molecule is CC1CC(NCCC(N)=O)CC(C)(C)C1. The molecule has 3 nitrogen and oxygen atoms in total. The standard InChI is InChI=1S/C12H24N2O/c1-9-6-10(8-12(2,3)7-9)14-5-4-11(13)15/h9-10,14H,4-8H2,1-3H3,(H2,13,15). The second-order valence-corrected chi connectivity index (χ2v) is 5.78. The fourth-order valence-corrected chi connectivity index (χ4v) is 2.90. The number of carbonyl (C=O) groups is 1. The summed E-state index contributed by atoms with van der Waals surface area (Å²) in [5, 5.41) is 3.44. The van der Waals surface area contributed by atoms with Crippen molar-refractivity contribution in [2.24, 2.45) is 17.1 Å². The number of rotatable bonds is 4. The third kappa shape index (κ3) is 4.65. The molecule has 1 aliphatic carbocycles. The fraction of sp³-hybridized carbons (Fsp3) is 0.917. The molecule has 3 N–H and O–H groups in total. The van der Waals surface area contributed by atoms with E-state index in [9.17, 15) is 4.79 Å². The molecule has 1 amide bonds. The van der Waals surface area contributed by atoms with Crippen molar-refractivity contribution in [1.82, 2.24) is 5.32 Å². The van der Waals surface area contributed by atoms with E-state index in [1.165, 1.54) is 19.3 Å². The van der Waals surface area contributed by atoms with Gasteiger partial charge in [0.2, 0.25) is 5.91 Å². The second kappa shape index (κ2) is 4.97. The number of nitrogens with two attached hydrogens (primary N) is 1. The number of amides is 1. The highest BCUT2D eigenvalue weighted by Gasteiger charge is 2.31. The predicted octanol–water partition coefficient (Wildman–Crippen LogP) is 1.67. The Morgan fingerprint density at radius 2 is 2.13 bits per heavy atom. The first kappa shape index (κ1) is 12.5. The molecule has 1 saturated carbocycles. The van der Waals surface area contributed by atoms with Gasteiger partial charge in [0.1, 0.15) is 0 Å². The molecule has 15 heavy (non-hydrogen) atoms. The number of nitrogens with one attached hydrogen (secondary N) is 1. The maximum absolute atomic E-state index is 10.6. The molecule has 0 aromatic carbocycles. The van der Waals surface area contributed by atoms with Gasteiger partial charge in [-0.1, -0.05) is 20.8 Å². The molecule has 1 fully saturated rings. The van der Waals surface area contributed by atoms with E-state index in [1.807, 2.05) is 0 Å². The van der Waals surface area contributed by atoms with Crippen molar-refractivity contribution in [3.63, 3.8) is 0 Å². The van der Waals surface area contributed by atoms with Crippen LogP contribution in [0.1, 0.15) is 46.5 Å². The lowest BCUT2D eigenvalue weighted by molar-refractivity contribution is -0.117. The van der Waals surface area contributed by atoms with Gasteiger partial charge in [-0.05, 0) is 30.6 Å². The topological polar surface area (TPSA) is 55.1 Å². The Hall–Kier alpha value is -0.570. The summed E-state index contributed by atoms with van der Waals surface area (Å²) in [7, 11) is 0. The van der Waals surface area contributed by atoms with Crippen LogP contribution in [0, 0.1) is 11.3 Å². The van der Waals surface area contributed by atoms with Gasteiger partial charge < -0.3 is 11.1 Å². The Balaban J connectivity index is 2.32. The number of carbonyl (C=O) groups excluding carboxylic acids is 1. The molecule has 1 aliphatic rings. The molecular formula is C12H24N2O. The van der Waals surface area contributed by atoms with Crippen LogP contribution in [-0.2, 0) is 4.79 Å². The molecule has 2 atom stereocenters. The highest BCUT2D eigenvalue weighted by atomic mass is 16.1. The molecule has 0 radical (unpaired) electrons. The Morgan fingerprint density at radius 3 is 2.67 bits per heavy atom. The van der Waals surface area contributed by atoms with E-state index in [0.29, 0.717) is 17.9 Å². The van der Waals surface area contributed by atoms with Crippen LogP contribution in [0.25, 0.3) is 0 Å². The summed E-state index contributed by atoms with van der Waals surface area (Å²) in [6, 6.07) is 0.558. The van der Waals surface area contributed by atoms with E-state index in [2.05, 4.69) is 26.1 Å². The summed E-state index contributed by atoms with van der Waals surface area (Å²) in [4.78, 5) is 10.6. The molecule has 0 aliphatic heterocycles. The van der Waals surface area contributed by atoms with Crippen molar-refractivity contribution >= 4 is 5.91 Å².